The van der Waals surface area contributed by atoms with Gasteiger partial charge in [0.05, 0.1) is 18.7 Å². The molecule has 1 atom stereocenters. The number of benzene rings is 1. The lowest BCUT2D eigenvalue weighted by Gasteiger charge is -2.39. The van der Waals surface area contributed by atoms with Crippen molar-refractivity contribution in [3.63, 3.8) is 0 Å². The molecule has 0 aromatic heterocycles. The summed E-state index contributed by atoms with van der Waals surface area (Å²) in [5, 5.41) is 3.62. The van der Waals surface area contributed by atoms with Gasteiger partial charge in [-0.25, -0.2) is 0 Å². The van der Waals surface area contributed by atoms with Gasteiger partial charge in [-0.3, -0.25) is 4.79 Å². The highest BCUT2D eigenvalue weighted by Crippen LogP contribution is 2.37. The van der Waals surface area contributed by atoms with Crippen LogP contribution in [0.5, 0.6) is 5.75 Å². The summed E-state index contributed by atoms with van der Waals surface area (Å²) in [6.07, 6.45) is 1.44. The number of thioether (sulfide) groups is 1. The second-order valence-corrected chi connectivity index (χ2v) is 7.22. The molecule has 0 saturated carbocycles. The van der Waals surface area contributed by atoms with E-state index >= 15 is 0 Å². The van der Waals surface area contributed by atoms with E-state index < -0.39 is 0 Å². The number of nitrogens with two attached hydrogens (primary N) is 1. The van der Waals surface area contributed by atoms with Crippen molar-refractivity contribution in [3.05, 3.63) is 24.3 Å². The molecule has 2 rings (SSSR count). The second-order valence-electron chi connectivity index (χ2n) is 6.07. The number of carbonyl (C=O) groups is 1. The topological polar surface area (TPSA) is 64.3 Å². The Morgan fingerprint density at radius 3 is 2.95 bits per heavy atom. The van der Waals surface area contributed by atoms with Gasteiger partial charge in [-0.05, 0) is 29.7 Å². The average molecular weight is 308 g/mol. The molecule has 0 spiro atoms. The zero-order valence-corrected chi connectivity index (χ0v) is 13.5. The van der Waals surface area contributed by atoms with E-state index in [1.165, 1.54) is 12.2 Å². The number of carbonyl (C=O) groups excluding carboxylic acids is 1. The van der Waals surface area contributed by atoms with Gasteiger partial charge in [-0.2, -0.15) is 11.8 Å². The SMILES string of the molecule is CC1(C)CCSCC1Nc1ccccc1OCCC(N)=O. The molecule has 1 saturated heterocycles. The summed E-state index contributed by atoms with van der Waals surface area (Å²) in [6, 6.07) is 8.29. The number of hydrogen-bond donors (Lipinski definition) is 2. The number of anilines is 1. The Kier molecular flexibility index (Phi) is 5.39. The van der Waals surface area contributed by atoms with Crippen LogP contribution in [0.4, 0.5) is 5.69 Å². The highest BCUT2D eigenvalue weighted by atomic mass is 32.2. The Bertz CT molecular complexity index is 491. The lowest BCUT2D eigenvalue weighted by atomic mass is 9.82. The van der Waals surface area contributed by atoms with Crippen LogP contribution in [-0.2, 0) is 4.79 Å². The van der Waals surface area contributed by atoms with Gasteiger partial charge >= 0.3 is 0 Å². The van der Waals surface area contributed by atoms with Crippen LogP contribution >= 0.6 is 11.8 Å². The third kappa shape index (κ3) is 4.56. The molecule has 5 heteroatoms. The fourth-order valence-electron chi connectivity index (χ4n) is 2.33. The van der Waals surface area contributed by atoms with Gasteiger partial charge in [0.1, 0.15) is 5.75 Å². The van der Waals surface area contributed by atoms with Crippen LogP contribution in [0.1, 0.15) is 26.7 Å². The number of hydrogen-bond acceptors (Lipinski definition) is 4. The number of primary amides is 1. The molecule has 1 amide bonds. The van der Waals surface area contributed by atoms with E-state index in [2.05, 4.69) is 19.2 Å². The molecular weight excluding hydrogens is 284 g/mol. The first-order chi connectivity index (χ1) is 9.99. The standard InChI is InChI=1S/C16H24N2O2S/c1-16(2)8-10-21-11-14(16)18-12-5-3-4-6-13(12)20-9-7-15(17)19/h3-6,14,18H,7-11H2,1-2H3,(H2,17,19). The van der Waals surface area contributed by atoms with E-state index in [4.69, 9.17) is 10.5 Å². The molecule has 0 aliphatic carbocycles. The van der Waals surface area contributed by atoms with Gasteiger partial charge in [0.15, 0.2) is 0 Å². The minimum atomic E-state index is -0.342. The predicted octanol–water partition coefficient (Wildman–Crippen LogP) is 2.88. The monoisotopic (exact) mass is 308 g/mol. The fourth-order valence-corrected chi connectivity index (χ4v) is 3.94. The first kappa shape index (κ1) is 16.0. The van der Waals surface area contributed by atoms with Gasteiger partial charge in [-0.15, -0.1) is 0 Å². The molecule has 1 fully saturated rings. The number of amides is 1. The molecule has 1 heterocycles. The van der Waals surface area contributed by atoms with E-state index in [0.29, 0.717) is 12.6 Å². The average Bonchev–Trinajstić information content (AvgIpc) is 2.42. The maximum Gasteiger partial charge on any atom is 0.220 e. The highest BCUT2D eigenvalue weighted by molar-refractivity contribution is 7.99. The Hall–Kier alpha value is -1.36. The molecule has 1 aliphatic heterocycles. The molecule has 0 bridgehead atoms. The smallest absolute Gasteiger partial charge is 0.220 e. The molecule has 4 nitrogen and oxygen atoms in total. The van der Waals surface area contributed by atoms with Crippen molar-refractivity contribution >= 4 is 23.4 Å². The van der Waals surface area contributed by atoms with E-state index in [-0.39, 0.29) is 17.7 Å². The van der Waals surface area contributed by atoms with Crippen molar-refractivity contribution < 1.29 is 9.53 Å². The van der Waals surface area contributed by atoms with Crippen molar-refractivity contribution in [1.29, 1.82) is 0 Å². The molecule has 1 unspecified atom stereocenters. The Morgan fingerprint density at radius 2 is 2.24 bits per heavy atom. The van der Waals surface area contributed by atoms with Crippen LogP contribution in [0.2, 0.25) is 0 Å². The lowest BCUT2D eigenvalue weighted by molar-refractivity contribution is -0.118. The number of ether oxygens (including phenoxy) is 1. The maximum atomic E-state index is 10.8. The minimum Gasteiger partial charge on any atom is -0.491 e. The van der Waals surface area contributed by atoms with Crippen LogP contribution in [0.25, 0.3) is 0 Å². The maximum absolute atomic E-state index is 10.8. The van der Waals surface area contributed by atoms with Crippen LogP contribution in [0.15, 0.2) is 24.3 Å². The molecule has 1 aliphatic rings. The summed E-state index contributed by atoms with van der Waals surface area (Å²) in [6.45, 7) is 4.93. The molecule has 21 heavy (non-hydrogen) atoms. The molecule has 1 aromatic carbocycles. The quantitative estimate of drug-likeness (QED) is 0.848. The Morgan fingerprint density at radius 1 is 1.48 bits per heavy atom. The van der Waals surface area contributed by atoms with Crippen molar-refractivity contribution in [3.8, 4) is 5.75 Å². The second kappa shape index (κ2) is 7.07. The van der Waals surface area contributed by atoms with Crippen LogP contribution in [0.3, 0.4) is 0 Å². The summed E-state index contributed by atoms with van der Waals surface area (Å²) >= 11 is 1.99. The fraction of sp³-hybridized carbons (Fsp3) is 0.562. The molecule has 1 aromatic rings. The van der Waals surface area contributed by atoms with E-state index in [0.717, 1.165) is 17.2 Å². The lowest BCUT2D eigenvalue weighted by Crippen LogP contribution is -2.41. The summed E-state index contributed by atoms with van der Waals surface area (Å²) in [5.74, 6) is 2.76. The highest BCUT2D eigenvalue weighted by Gasteiger charge is 2.32. The predicted molar refractivity (Wildman–Crippen MR) is 88.9 cm³/mol. The summed E-state index contributed by atoms with van der Waals surface area (Å²) in [4.78, 5) is 10.8. The zero-order chi connectivity index (χ0) is 15.3. The van der Waals surface area contributed by atoms with Crippen molar-refractivity contribution in [2.24, 2.45) is 11.1 Å². The minimum absolute atomic E-state index is 0.235. The summed E-state index contributed by atoms with van der Waals surface area (Å²) in [5.41, 5.74) is 6.40. The van der Waals surface area contributed by atoms with Crippen LogP contribution < -0.4 is 15.8 Å². The van der Waals surface area contributed by atoms with E-state index in [1.807, 2.05) is 36.0 Å². The van der Waals surface area contributed by atoms with Crippen LogP contribution in [-0.4, -0.2) is 30.1 Å². The Balaban J connectivity index is 2.03. The van der Waals surface area contributed by atoms with Gasteiger partial charge in [-0.1, -0.05) is 26.0 Å². The van der Waals surface area contributed by atoms with Crippen LogP contribution in [0, 0.1) is 5.41 Å². The Labute approximate surface area is 130 Å². The zero-order valence-electron chi connectivity index (χ0n) is 12.7. The normalized spacial score (nSPS) is 20.8. The number of nitrogens with one attached hydrogen (secondary N) is 1. The van der Waals surface area contributed by atoms with E-state index in [9.17, 15) is 4.79 Å². The first-order valence-electron chi connectivity index (χ1n) is 7.33. The number of para-hydroxylation sites is 2. The molecule has 0 radical (unpaired) electrons. The van der Waals surface area contributed by atoms with Crippen molar-refractivity contribution in [2.75, 3.05) is 23.4 Å². The van der Waals surface area contributed by atoms with Gasteiger partial charge in [0, 0.05) is 11.8 Å². The third-order valence-electron chi connectivity index (χ3n) is 3.94. The van der Waals surface area contributed by atoms with E-state index in [1.54, 1.807) is 0 Å². The van der Waals surface area contributed by atoms with Gasteiger partial charge < -0.3 is 15.8 Å². The third-order valence-corrected chi connectivity index (χ3v) is 5.00. The van der Waals surface area contributed by atoms with Gasteiger partial charge in [0.2, 0.25) is 5.91 Å². The van der Waals surface area contributed by atoms with Gasteiger partial charge in [0.25, 0.3) is 0 Å². The van der Waals surface area contributed by atoms with Crippen molar-refractivity contribution in [2.45, 2.75) is 32.7 Å². The van der Waals surface area contributed by atoms with Crippen molar-refractivity contribution in [1.82, 2.24) is 0 Å². The molecule has 116 valence electrons. The largest absolute Gasteiger partial charge is 0.491 e. The number of rotatable bonds is 6. The summed E-state index contributed by atoms with van der Waals surface area (Å²) in [7, 11) is 0. The first-order valence-corrected chi connectivity index (χ1v) is 8.49. The summed E-state index contributed by atoms with van der Waals surface area (Å²) < 4.78 is 5.69. The molecular formula is C16H24N2O2S. The molecule has 3 N–H and O–H groups in total.